The number of ether oxygens (including phenoxy) is 1. The van der Waals surface area contributed by atoms with Crippen molar-refractivity contribution in [1.82, 2.24) is 20.0 Å². The van der Waals surface area contributed by atoms with Gasteiger partial charge in [0.2, 0.25) is 0 Å². The fraction of sp³-hybridized carbons (Fsp3) is 0.500. The number of hydrogen-bond acceptors (Lipinski definition) is 7. The quantitative estimate of drug-likeness (QED) is 0.209. The van der Waals surface area contributed by atoms with E-state index >= 15 is 0 Å². The summed E-state index contributed by atoms with van der Waals surface area (Å²) in [5.74, 6) is 0.198. The zero-order chi connectivity index (χ0) is 25.7. The monoisotopic (exact) mass is 500 g/mol. The standard InChI is InChI=1S/C26H33FN4O5/c1-2-26(35,19-10-11-21(27)23(13-19)36-15-17-7-8-17)16-31-20(14-28-30-31)6-4-3-5-18-9-12-22(25(33)34)29-24(18)32/h9-14,17,25,33-35H,2-8,15-16H2,1H3,(H,29,32). The highest BCUT2D eigenvalue weighted by Gasteiger charge is 2.31. The number of rotatable bonds is 13. The number of H-pyrrole nitrogens is 1. The number of halogens is 1. The normalized spacial score (nSPS) is 15.3. The average molecular weight is 501 g/mol. The van der Waals surface area contributed by atoms with Crippen molar-refractivity contribution in [2.75, 3.05) is 6.61 Å². The van der Waals surface area contributed by atoms with E-state index in [1.54, 1.807) is 29.1 Å². The Kier molecular flexibility index (Phi) is 8.17. The predicted octanol–water partition coefficient (Wildman–Crippen LogP) is 2.74. The third-order valence-corrected chi connectivity index (χ3v) is 6.75. The van der Waals surface area contributed by atoms with E-state index < -0.39 is 17.7 Å². The number of hydrogen-bond donors (Lipinski definition) is 4. The molecule has 1 fully saturated rings. The summed E-state index contributed by atoms with van der Waals surface area (Å²) in [5, 5.41) is 38.0. The Morgan fingerprint density at radius 3 is 2.69 bits per heavy atom. The second kappa shape index (κ2) is 11.3. The van der Waals surface area contributed by atoms with Crippen molar-refractivity contribution in [1.29, 1.82) is 0 Å². The van der Waals surface area contributed by atoms with Gasteiger partial charge in [-0.15, -0.1) is 5.10 Å². The van der Waals surface area contributed by atoms with E-state index in [2.05, 4.69) is 15.3 Å². The van der Waals surface area contributed by atoms with E-state index in [9.17, 15) is 14.3 Å². The maximum absolute atomic E-state index is 14.3. The fourth-order valence-corrected chi connectivity index (χ4v) is 4.14. The molecule has 4 rings (SSSR count). The van der Waals surface area contributed by atoms with Gasteiger partial charge in [0.1, 0.15) is 5.60 Å². The summed E-state index contributed by atoms with van der Waals surface area (Å²) in [7, 11) is 0. The highest BCUT2D eigenvalue weighted by molar-refractivity contribution is 5.34. The average Bonchev–Trinajstić information content (AvgIpc) is 3.60. The minimum Gasteiger partial charge on any atom is -0.490 e. The van der Waals surface area contributed by atoms with E-state index in [1.807, 2.05) is 6.92 Å². The number of aliphatic hydroxyl groups excluding tert-OH is 1. The van der Waals surface area contributed by atoms with Crippen molar-refractivity contribution < 1.29 is 24.4 Å². The molecule has 0 amide bonds. The maximum atomic E-state index is 14.3. The van der Waals surface area contributed by atoms with Gasteiger partial charge in [-0.1, -0.05) is 24.3 Å². The molecule has 2 aromatic heterocycles. The van der Waals surface area contributed by atoms with Crippen molar-refractivity contribution in [3.63, 3.8) is 0 Å². The molecule has 2 heterocycles. The van der Waals surface area contributed by atoms with E-state index in [-0.39, 0.29) is 23.5 Å². The van der Waals surface area contributed by atoms with Gasteiger partial charge >= 0.3 is 0 Å². The Bertz CT molecular complexity index is 1220. The smallest absolute Gasteiger partial charge is 0.251 e. The van der Waals surface area contributed by atoms with Crippen molar-refractivity contribution in [2.45, 2.75) is 70.3 Å². The number of aromatic nitrogens is 4. The van der Waals surface area contributed by atoms with Crippen LogP contribution in [0.2, 0.25) is 0 Å². The minimum atomic E-state index is -1.71. The molecule has 0 radical (unpaired) electrons. The van der Waals surface area contributed by atoms with Gasteiger partial charge < -0.3 is 25.0 Å². The molecule has 1 saturated carbocycles. The lowest BCUT2D eigenvalue weighted by Crippen LogP contribution is -2.32. The zero-order valence-electron chi connectivity index (χ0n) is 20.4. The summed E-state index contributed by atoms with van der Waals surface area (Å²) in [4.78, 5) is 14.6. The maximum Gasteiger partial charge on any atom is 0.251 e. The number of nitrogens with one attached hydrogen (secondary N) is 1. The first-order valence-corrected chi connectivity index (χ1v) is 12.4. The Labute approximate surface area is 208 Å². The molecule has 0 aliphatic heterocycles. The van der Waals surface area contributed by atoms with E-state index in [0.717, 1.165) is 31.4 Å². The SMILES string of the molecule is CCC(O)(Cn1nncc1CCCCc1ccc(C(O)O)[nH]c1=O)c1ccc(F)c(OCC2CC2)c1. The van der Waals surface area contributed by atoms with Crippen LogP contribution in [0.5, 0.6) is 5.75 Å². The van der Waals surface area contributed by atoms with Crippen LogP contribution in [0.3, 0.4) is 0 Å². The van der Waals surface area contributed by atoms with Crippen LogP contribution >= 0.6 is 0 Å². The molecule has 9 nitrogen and oxygen atoms in total. The molecule has 1 aliphatic rings. The van der Waals surface area contributed by atoms with Gasteiger partial charge in [0.15, 0.2) is 17.9 Å². The minimum absolute atomic E-state index is 0.0601. The Morgan fingerprint density at radius 2 is 2.00 bits per heavy atom. The largest absolute Gasteiger partial charge is 0.490 e. The zero-order valence-corrected chi connectivity index (χ0v) is 20.4. The van der Waals surface area contributed by atoms with E-state index in [0.29, 0.717) is 42.9 Å². The molecule has 1 atom stereocenters. The molecular weight excluding hydrogens is 467 g/mol. The highest BCUT2D eigenvalue weighted by Crippen LogP contribution is 2.33. The molecule has 10 heteroatoms. The number of aryl methyl sites for hydroxylation is 2. The third-order valence-electron chi connectivity index (χ3n) is 6.75. The van der Waals surface area contributed by atoms with E-state index in [4.69, 9.17) is 14.9 Å². The third kappa shape index (κ3) is 6.37. The van der Waals surface area contributed by atoms with Crippen LogP contribution in [0.1, 0.15) is 67.8 Å². The Morgan fingerprint density at radius 1 is 1.22 bits per heavy atom. The van der Waals surface area contributed by atoms with Crippen molar-refractivity contribution in [2.24, 2.45) is 5.92 Å². The molecule has 36 heavy (non-hydrogen) atoms. The first-order valence-electron chi connectivity index (χ1n) is 12.4. The lowest BCUT2D eigenvalue weighted by Gasteiger charge is -2.28. The molecule has 1 unspecified atom stereocenters. The molecule has 1 aliphatic carbocycles. The lowest BCUT2D eigenvalue weighted by molar-refractivity contribution is -0.0460. The highest BCUT2D eigenvalue weighted by atomic mass is 19.1. The second-order valence-electron chi connectivity index (χ2n) is 9.52. The van der Waals surface area contributed by atoms with Gasteiger partial charge in [-0.05, 0) is 74.6 Å². The van der Waals surface area contributed by atoms with Crippen LogP contribution < -0.4 is 10.3 Å². The molecule has 0 spiro atoms. The number of unbranched alkanes of at least 4 members (excludes halogenated alkanes) is 1. The van der Waals surface area contributed by atoms with Gasteiger partial charge in [0.25, 0.3) is 5.56 Å². The van der Waals surface area contributed by atoms with Gasteiger partial charge in [-0.2, -0.15) is 0 Å². The van der Waals surface area contributed by atoms with Gasteiger partial charge in [-0.3, -0.25) is 4.79 Å². The van der Waals surface area contributed by atoms with Gasteiger partial charge in [-0.25, -0.2) is 9.07 Å². The van der Waals surface area contributed by atoms with Gasteiger partial charge in [0.05, 0.1) is 30.7 Å². The second-order valence-corrected chi connectivity index (χ2v) is 9.52. The van der Waals surface area contributed by atoms with Gasteiger partial charge in [0, 0.05) is 5.56 Å². The summed E-state index contributed by atoms with van der Waals surface area (Å²) in [6.45, 7) is 2.51. The summed E-state index contributed by atoms with van der Waals surface area (Å²) < 4.78 is 21.6. The molecule has 0 saturated heterocycles. The number of pyridine rings is 1. The predicted molar refractivity (Wildman–Crippen MR) is 130 cm³/mol. The van der Waals surface area contributed by atoms with Crippen molar-refractivity contribution in [3.05, 3.63) is 75.2 Å². The van der Waals surface area contributed by atoms with Crippen LogP contribution in [-0.4, -0.2) is 41.9 Å². The summed E-state index contributed by atoms with van der Waals surface area (Å²) >= 11 is 0. The first-order chi connectivity index (χ1) is 17.3. The van der Waals surface area contributed by atoms with Crippen LogP contribution in [0.4, 0.5) is 4.39 Å². The Hall–Kier alpha value is -3.08. The molecular formula is C26H33FN4O5. The lowest BCUT2D eigenvalue weighted by atomic mass is 9.90. The fourth-order valence-electron chi connectivity index (χ4n) is 4.14. The van der Waals surface area contributed by atoms with E-state index in [1.165, 1.54) is 12.1 Å². The van der Waals surface area contributed by atoms with Crippen LogP contribution in [-0.2, 0) is 25.0 Å². The van der Waals surface area contributed by atoms with Crippen LogP contribution in [0, 0.1) is 11.7 Å². The molecule has 4 N–H and O–H groups in total. The molecule has 0 bridgehead atoms. The number of nitrogens with zero attached hydrogens (tertiary/aromatic N) is 3. The number of benzene rings is 1. The summed E-state index contributed by atoms with van der Waals surface area (Å²) in [5.41, 5.74) is 0.434. The number of aliphatic hydroxyl groups is 3. The van der Waals surface area contributed by atoms with Crippen molar-refractivity contribution in [3.8, 4) is 5.75 Å². The molecule has 194 valence electrons. The van der Waals surface area contributed by atoms with Crippen molar-refractivity contribution >= 4 is 0 Å². The van der Waals surface area contributed by atoms with Crippen LogP contribution in [0.25, 0.3) is 0 Å². The molecule has 1 aromatic carbocycles. The Balaban J connectivity index is 1.37. The first kappa shape index (κ1) is 26.0. The summed E-state index contributed by atoms with van der Waals surface area (Å²) in [6, 6.07) is 7.58. The topological polar surface area (TPSA) is 133 Å². The number of aromatic amines is 1. The van der Waals surface area contributed by atoms with Crippen LogP contribution in [0.15, 0.2) is 41.3 Å². The molecule has 3 aromatic rings. The summed E-state index contributed by atoms with van der Waals surface area (Å²) in [6.07, 6.45) is 5.23.